The van der Waals surface area contributed by atoms with Crippen LogP contribution in [0.25, 0.3) is 0 Å². The Morgan fingerprint density at radius 3 is 2.19 bits per heavy atom. The fraction of sp³-hybridized carbons (Fsp3) is 0.133. The van der Waals surface area contributed by atoms with Crippen LogP contribution in [-0.2, 0) is 9.84 Å². The first-order valence-corrected chi connectivity index (χ1v) is 8.63. The van der Waals surface area contributed by atoms with E-state index in [1.807, 2.05) is 6.92 Å². The van der Waals surface area contributed by atoms with Gasteiger partial charge in [-0.25, -0.2) is 8.42 Å². The number of hydrogen-bond donors (Lipinski definition) is 1. The van der Waals surface area contributed by atoms with E-state index < -0.39 is 9.84 Å². The summed E-state index contributed by atoms with van der Waals surface area (Å²) >= 11 is 3.30. The number of oxime groups is 1. The Morgan fingerprint density at radius 1 is 1.10 bits per heavy atom. The molecule has 0 fully saturated rings. The first kappa shape index (κ1) is 15.7. The van der Waals surface area contributed by atoms with Crippen LogP contribution < -0.4 is 0 Å². The summed E-state index contributed by atoms with van der Waals surface area (Å²) in [6, 6.07) is 13.5. The molecule has 0 aliphatic carbocycles. The normalized spacial score (nSPS) is 12.4. The van der Waals surface area contributed by atoms with Gasteiger partial charge in [0.2, 0.25) is 0 Å². The highest BCUT2D eigenvalue weighted by Crippen LogP contribution is 2.16. The summed E-state index contributed by atoms with van der Waals surface area (Å²) < 4.78 is 25.6. The first-order chi connectivity index (χ1) is 9.92. The zero-order chi connectivity index (χ0) is 15.5. The Labute approximate surface area is 132 Å². The van der Waals surface area contributed by atoms with Crippen molar-refractivity contribution in [2.75, 3.05) is 5.75 Å². The van der Waals surface area contributed by atoms with E-state index in [0.717, 1.165) is 10.0 Å². The predicted molar refractivity (Wildman–Crippen MR) is 85.7 cm³/mol. The van der Waals surface area contributed by atoms with Gasteiger partial charge in [0.15, 0.2) is 9.84 Å². The maximum Gasteiger partial charge on any atom is 0.184 e. The van der Waals surface area contributed by atoms with Gasteiger partial charge in [-0.2, -0.15) is 0 Å². The minimum atomic E-state index is -3.55. The predicted octanol–water partition coefficient (Wildman–Crippen LogP) is 3.41. The number of aryl methyl sites for hydroxylation is 1. The molecule has 4 nitrogen and oxygen atoms in total. The Hall–Kier alpha value is -1.66. The Kier molecular flexibility index (Phi) is 4.80. The molecule has 0 bridgehead atoms. The van der Waals surface area contributed by atoms with Gasteiger partial charge in [-0.15, -0.1) is 0 Å². The molecule has 0 spiro atoms. The Morgan fingerprint density at radius 2 is 1.67 bits per heavy atom. The molecule has 0 amide bonds. The quantitative estimate of drug-likeness (QED) is 0.511. The molecule has 0 aliphatic rings. The number of hydrogen-bond acceptors (Lipinski definition) is 4. The summed E-state index contributed by atoms with van der Waals surface area (Å²) in [5.74, 6) is -0.353. The van der Waals surface area contributed by atoms with Crippen LogP contribution >= 0.6 is 15.9 Å². The third-order valence-electron chi connectivity index (χ3n) is 3.00. The van der Waals surface area contributed by atoms with Gasteiger partial charge in [0.1, 0.15) is 11.5 Å². The molecule has 2 aromatic rings. The van der Waals surface area contributed by atoms with Crippen molar-refractivity contribution in [1.82, 2.24) is 0 Å². The molecule has 110 valence electrons. The minimum absolute atomic E-state index is 0.114. The van der Waals surface area contributed by atoms with Gasteiger partial charge < -0.3 is 5.21 Å². The van der Waals surface area contributed by atoms with Crippen molar-refractivity contribution in [2.45, 2.75) is 11.8 Å². The molecule has 0 radical (unpaired) electrons. The van der Waals surface area contributed by atoms with Crippen LogP contribution in [-0.4, -0.2) is 25.1 Å². The van der Waals surface area contributed by atoms with E-state index in [2.05, 4.69) is 21.1 Å². The summed E-state index contributed by atoms with van der Waals surface area (Å²) in [4.78, 5) is 0.214. The van der Waals surface area contributed by atoms with Gasteiger partial charge in [0.25, 0.3) is 0 Å². The van der Waals surface area contributed by atoms with E-state index in [0.29, 0.717) is 5.56 Å². The summed E-state index contributed by atoms with van der Waals surface area (Å²) in [5, 5.41) is 12.3. The maximum absolute atomic E-state index is 12.4. The van der Waals surface area contributed by atoms with Crippen molar-refractivity contribution >= 4 is 31.5 Å². The zero-order valence-electron chi connectivity index (χ0n) is 11.3. The van der Waals surface area contributed by atoms with Crippen LogP contribution in [0, 0.1) is 6.92 Å². The molecular formula is C15H14BrNO3S. The molecule has 6 heteroatoms. The van der Waals surface area contributed by atoms with Crippen molar-refractivity contribution in [3.63, 3.8) is 0 Å². The molecule has 2 aromatic carbocycles. The van der Waals surface area contributed by atoms with E-state index >= 15 is 0 Å². The van der Waals surface area contributed by atoms with Gasteiger partial charge in [-0.3, -0.25) is 0 Å². The fourth-order valence-corrected chi connectivity index (χ4v) is 3.39. The SMILES string of the molecule is Cc1ccc(S(=O)(=O)C/C(=N/O)c2ccc(Br)cc2)cc1. The van der Waals surface area contributed by atoms with E-state index in [1.54, 1.807) is 48.5 Å². The lowest BCUT2D eigenvalue weighted by molar-refractivity contribution is 0.319. The second-order valence-corrected chi connectivity index (χ2v) is 7.53. The molecule has 21 heavy (non-hydrogen) atoms. The smallest absolute Gasteiger partial charge is 0.184 e. The molecule has 0 saturated heterocycles. The number of nitrogens with zero attached hydrogens (tertiary/aromatic N) is 1. The van der Waals surface area contributed by atoms with E-state index in [4.69, 9.17) is 5.21 Å². The highest BCUT2D eigenvalue weighted by molar-refractivity contribution is 9.10. The van der Waals surface area contributed by atoms with Gasteiger partial charge >= 0.3 is 0 Å². The maximum atomic E-state index is 12.4. The van der Waals surface area contributed by atoms with E-state index in [9.17, 15) is 8.42 Å². The van der Waals surface area contributed by atoms with Crippen molar-refractivity contribution in [2.24, 2.45) is 5.16 Å². The summed E-state index contributed by atoms with van der Waals surface area (Å²) in [6.07, 6.45) is 0. The molecule has 0 aliphatic heterocycles. The zero-order valence-corrected chi connectivity index (χ0v) is 13.7. The van der Waals surface area contributed by atoms with E-state index in [-0.39, 0.29) is 16.4 Å². The molecule has 0 heterocycles. The van der Waals surface area contributed by atoms with Crippen molar-refractivity contribution in [3.8, 4) is 0 Å². The number of benzene rings is 2. The Balaban J connectivity index is 2.29. The summed E-state index contributed by atoms with van der Waals surface area (Å²) in [6.45, 7) is 1.89. The van der Waals surface area contributed by atoms with Crippen LogP contribution in [0.1, 0.15) is 11.1 Å². The molecule has 0 unspecified atom stereocenters. The molecule has 0 atom stereocenters. The number of halogens is 1. The standard InChI is InChI=1S/C15H14BrNO3S/c1-11-2-8-14(9-3-11)21(19,20)10-15(17-18)12-4-6-13(16)7-5-12/h2-9,18H,10H2,1H3/b17-15-. The average molecular weight is 368 g/mol. The van der Waals surface area contributed by atoms with Crippen molar-refractivity contribution in [3.05, 3.63) is 64.1 Å². The highest BCUT2D eigenvalue weighted by Gasteiger charge is 2.19. The lowest BCUT2D eigenvalue weighted by Crippen LogP contribution is -2.17. The number of sulfone groups is 1. The second kappa shape index (κ2) is 6.41. The average Bonchev–Trinajstić information content (AvgIpc) is 2.46. The number of rotatable bonds is 4. The van der Waals surface area contributed by atoms with Crippen LogP contribution in [0.2, 0.25) is 0 Å². The molecular weight excluding hydrogens is 354 g/mol. The summed E-state index contributed by atoms with van der Waals surface area (Å²) in [5.41, 5.74) is 1.66. The Bertz CT molecular complexity index is 751. The van der Waals surface area contributed by atoms with Gasteiger partial charge in [0.05, 0.1) is 4.90 Å². The summed E-state index contributed by atoms with van der Waals surface area (Å²) in [7, 11) is -3.55. The van der Waals surface area contributed by atoms with Crippen LogP contribution in [0.15, 0.2) is 63.1 Å². The fourth-order valence-electron chi connectivity index (χ4n) is 1.82. The molecule has 1 N–H and O–H groups in total. The van der Waals surface area contributed by atoms with Crippen LogP contribution in [0.5, 0.6) is 0 Å². The van der Waals surface area contributed by atoms with Crippen molar-refractivity contribution in [1.29, 1.82) is 0 Å². The lowest BCUT2D eigenvalue weighted by Gasteiger charge is -2.07. The molecule has 0 saturated carbocycles. The van der Waals surface area contributed by atoms with E-state index in [1.165, 1.54) is 0 Å². The van der Waals surface area contributed by atoms with Gasteiger partial charge in [-0.1, -0.05) is 50.9 Å². The van der Waals surface area contributed by atoms with Gasteiger partial charge in [0, 0.05) is 10.0 Å². The van der Waals surface area contributed by atoms with Crippen LogP contribution in [0.4, 0.5) is 0 Å². The third kappa shape index (κ3) is 3.92. The molecule has 0 aromatic heterocycles. The topological polar surface area (TPSA) is 66.7 Å². The second-order valence-electron chi connectivity index (χ2n) is 4.63. The molecule has 2 rings (SSSR count). The first-order valence-electron chi connectivity index (χ1n) is 6.19. The monoisotopic (exact) mass is 367 g/mol. The lowest BCUT2D eigenvalue weighted by atomic mass is 10.1. The van der Waals surface area contributed by atoms with Crippen molar-refractivity contribution < 1.29 is 13.6 Å². The minimum Gasteiger partial charge on any atom is -0.411 e. The highest BCUT2D eigenvalue weighted by atomic mass is 79.9. The third-order valence-corrected chi connectivity index (χ3v) is 5.18. The van der Waals surface area contributed by atoms with Crippen LogP contribution in [0.3, 0.4) is 0 Å². The van der Waals surface area contributed by atoms with Gasteiger partial charge in [-0.05, 0) is 31.2 Å². The largest absolute Gasteiger partial charge is 0.411 e.